The van der Waals surface area contributed by atoms with Crippen molar-refractivity contribution in [2.45, 2.75) is 57.6 Å². The molecule has 0 saturated heterocycles. The van der Waals surface area contributed by atoms with Crippen molar-refractivity contribution < 1.29 is 27.5 Å². The van der Waals surface area contributed by atoms with Gasteiger partial charge in [-0.05, 0) is 70.0 Å². The molecule has 220 valence electrons. The topological polar surface area (TPSA) is 105 Å². The predicted molar refractivity (Wildman–Crippen MR) is 160 cm³/mol. The third-order valence-electron chi connectivity index (χ3n) is 6.53. The Kier molecular flexibility index (Phi) is 10.0. The average molecular weight is 582 g/mol. The fraction of sp³-hybridized carbons (Fsp3) is 0.355. The van der Waals surface area contributed by atoms with Gasteiger partial charge >= 0.3 is 0 Å². The second kappa shape index (κ2) is 13.1. The third kappa shape index (κ3) is 7.79. The molecule has 0 heterocycles. The molecule has 0 radical (unpaired) electrons. The zero-order valence-electron chi connectivity index (χ0n) is 24.7. The number of carbonyl (C=O) groups excluding carboxylic acids is 2. The normalized spacial score (nSPS) is 12.3. The third-order valence-corrected chi connectivity index (χ3v) is 8.32. The highest BCUT2D eigenvalue weighted by Gasteiger charge is 2.33. The average Bonchev–Trinajstić information content (AvgIpc) is 2.94. The lowest BCUT2D eigenvalue weighted by atomic mass is 10.1. The van der Waals surface area contributed by atoms with Crippen molar-refractivity contribution in [1.82, 2.24) is 10.2 Å². The number of benzene rings is 3. The van der Waals surface area contributed by atoms with Crippen LogP contribution < -0.4 is 19.1 Å². The Morgan fingerprint density at radius 2 is 1.51 bits per heavy atom. The Labute approximate surface area is 243 Å². The summed E-state index contributed by atoms with van der Waals surface area (Å²) in [6, 6.07) is 19.2. The maximum atomic E-state index is 14.1. The molecule has 3 aromatic rings. The number of aryl methyl sites for hydroxylation is 1. The van der Waals surface area contributed by atoms with Gasteiger partial charge in [-0.15, -0.1) is 0 Å². The Balaban J connectivity index is 2.09. The van der Waals surface area contributed by atoms with Crippen molar-refractivity contribution >= 4 is 27.5 Å². The van der Waals surface area contributed by atoms with Gasteiger partial charge in [-0.1, -0.05) is 42.5 Å². The first kappa shape index (κ1) is 31.5. The summed E-state index contributed by atoms with van der Waals surface area (Å²) in [5.41, 5.74) is 1.48. The van der Waals surface area contributed by atoms with E-state index in [0.29, 0.717) is 11.5 Å². The molecule has 0 aliphatic rings. The number of ether oxygens (including phenoxy) is 2. The maximum absolute atomic E-state index is 14.1. The number of carbonyl (C=O) groups is 2. The summed E-state index contributed by atoms with van der Waals surface area (Å²) in [6.07, 6.45) is 0. The number of hydrogen-bond donors (Lipinski definition) is 1. The van der Waals surface area contributed by atoms with Gasteiger partial charge in [0.1, 0.15) is 12.6 Å². The van der Waals surface area contributed by atoms with E-state index in [1.807, 2.05) is 52.0 Å². The van der Waals surface area contributed by atoms with Crippen LogP contribution in [0, 0.1) is 6.92 Å². The largest absolute Gasteiger partial charge is 0.493 e. The Morgan fingerprint density at radius 1 is 0.902 bits per heavy atom. The number of sulfonamides is 1. The monoisotopic (exact) mass is 581 g/mol. The summed E-state index contributed by atoms with van der Waals surface area (Å²) in [5.74, 6) is -0.171. The van der Waals surface area contributed by atoms with Crippen LogP contribution in [0.15, 0.2) is 77.7 Å². The van der Waals surface area contributed by atoms with Crippen molar-refractivity contribution in [2.75, 3.05) is 25.1 Å². The second-order valence-corrected chi connectivity index (χ2v) is 12.6. The van der Waals surface area contributed by atoms with Crippen molar-refractivity contribution in [3.05, 3.63) is 83.9 Å². The molecule has 1 N–H and O–H groups in total. The highest BCUT2D eigenvalue weighted by molar-refractivity contribution is 7.92. The SMILES string of the molecule is COc1ccc(N(CC(=O)N(Cc2ccccc2C)[C@H](C)C(=O)NC(C)(C)C)S(=O)(=O)c2ccccc2)cc1OC. The lowest BCUT2D eigenvalue weighted by molar-refractivity contribution is -0.140. The van der Waals surface area contributed by atoms with E-state index in [-0.39, 0.29) is 23.0 Å². The first-order chi connectivity index (χ1) is 19.3. The van der Waals surface area contributed by atoms with E-state index in [1.54, 1.807) is 37.3 Å². The number of nitrogens with zero attached hydrogens (tertiary/aromatic N) is 2. The fourth-order valence-electron chi connectivity index (χ4n) is 4.26. The van der Waals surface area contributed by atoms with Gasteiger partial charge in [-0.3, -0.25) is 13.9 Å². The number of nitrogens with one attached hydrogen (secondary N) is 1. The molecule has 9 nitrogen and oxygen atoms in total. The summed E-state index contributed by atoms with van der Waals surface area (Å²) in [5, 5.41) is 2.93. The van der Waals surface area contributed by atoms with E-state index in [2.05, 4.69) is 5.32 Å². The summed E-state index contributed by atoms with van der Waals surface area (Å²) in [4.78, 5) is 28.8. The highest BCUT2D eigenvalue weighted by atomic mass is 32.2. The van der Waals surface area contributed by atoms with Gasteiger partial charge in [0, 0.05) is 18.2 Å². The minimum atomic E-state index is -4.19. The van der Waals surface area contributed by atoms with Crippen LogP contribution in [0.25, 0.3) is 0 Å². The molecule has 2 amide bonds. The molecule has 41 heavy (non-hydrogen) atoms. The molecule has 3 aromatic carbocycles. The minimum Gasteiger partial charge on any atom is -0.493 e. The zero-order chi connectivity index (χ0) is 30.4. The summed E-state index contributed by atoms with van der Waals surface area (Å²) in [7, 11) is -1.27. The van der Waals surface area contributed by atoms with E-state index in [9.17, 15) is 18.0 Å². The summed E-state index contributed by atoms with van der Waals surface area (Å²) < 4.78 is 39.7. The Hall–Kier alpha value is -4.05. The van der Waals surface area contributed by atoms with Gasteiger partial charge in [-0.2, -0.15) is 0 Å². The first-order valence-corrected chi connectivity index (χ1v) is 14.7. The van der Waals surface area contributed by atoms with E-state index in [1.165, 1.54) is 37.3 Å². The van der Waals surface area contributed by atoms with Gasteiger partial charge in [0.05, 0.1) is 24.8 Å². The lowest BCUT2D eigenvalue weighted by Crippen LogP contribution is -2.54. The van der Waals surface area contributed by atoms with Crippen LogP contribution >= 0.6 is 0 Å². The number of methoxy groups -OCH3 is 2. The van der Waals surface area contributed by atoms with Gasteiger partial charge in [0.25, 0.3) is 10.0 Å². The molecule has 10 heteroatoms. The molecule has 0 fully saturated rings. The molecular formula is C31H39N3O6S. The van der Waals surface area contributed by atoms with Crippen LogP contribution in [0.3, 0.4) is 0 Å². The van der Waals surface area contributed by atoms with Crippen LogP contribution in [0.4, 0.5) is 5.69 Å². The van der Waals surface area contributed by atoms with Crippen molar-refractivity contribution in [1.29, 1.82) is 0 Å². The van der Waals surface area contributed by atoms with Crippen molar-refractivity contribution in [3.8, 4) is 11.5 Å². The number of amides is 2. The molecule has 0 unspecified atom stereocenters. The van der Waals surface area contributed by atoms with Crippen LogP contribution in [0.1, 0.15) is 38.8 Å². The zero-order valence-corrected chi connectivity index (χ0v) is 25.5. The lowest BCUT2D eigenvalue weighted by Gasteiger charge is -2.34. The molecule has 0 spiro atoms. The Morgan fingerprint density at radius 3 is 2.10 bits per heavy atom. The van der Waals surface area contributed by atoms with Crippen molar-refractivity contribution in [3.63, 3.8) is 0 Å². The summed E-state index contributed by atoms with van der Waals surface area (Å²) in [6.45, 7) is 8.71. The predicted octanol–water partition coefficient (Wildman–Crippen LogP) is 4.54. The smallest absolute Gasteiger partial charge is 0.264 e. The number of rotatable bonds is 11. The van der Waals surface area contributed by atoms with Gasteiger partial charge < -0.3 is 19.7 Å². The van der Waals surface area contributed by atoms with Gasteiger partial charge in [0.2, 0.25) is 11.8 Å². The molecular weight excluding hydrogens is 542 g/mol. The number of anilines is 1. The molecule has 0 aromatic heterocycles. The Bertz CT molecular complexity index is 1470. The fourth-order valence-corrected chi connectivity index (χ4v) is 5.68. The molecule has 1 atom stereocenters. The standard InChI is InChI=1S/C31H39N3O6S/c1-22-13-11-12-14-24(22)20-33(23(2)30(36)32-31(3,4)5)29(35)21-34(41(37,38)26-15-9-8-10-16-26)25-17-18-27(39-6)28(19-25)40-7/h8-19,23H,20-21H2,1-7H3,(H,32,36)/t23-/m1/s1. The van der Waals surface area contributed by atoms with Gasteiger partial charge in [-0.25, -0.2) is 8.42 Å². The quantitative estimate of drug-likeness (QED) is 0.357. The van der Waals surface area contributed by atoms with E-state index >= 15 is 0 Å². The van der Waals surface area contributed by atoms with E-state index < -0.39 is 34.1 Å². The van der Waals surface area contributed by atoms with Crippen LogP contribution in [0.2, 0.25) is 0 Å². The molecule has 0 saturated carbocycles. The molecule has 3 rings (SSSR count). The highest BCUT2D eigenvalue weighted by Crippen LogP contribution is 2.34. The van der Waals surface area contributed by atoms with Crippen LogP contribution in [-0.2, 0) is 26.2 Å². The van der Waals surface area contributed by atoms with Crippen LogP contribution in [0.5, 0.6) is 11.5 Å². The molecule has 0 aliphatic carbocycles. The maximum Gasteiger partial charge on any atom is 0.264 e. The molecule has 0 bridgehead atoms. The summed E-state index contributed by atoms with van der Waals surface area (Å²) >= 11 is 0. The second-order valence-electron chi connectivity index (χ2n) is 10.7. The number of hydrogen-bond acceptors (Lipinski definition) is 6. The minimum absolute atomic E-state index is 0.0200. The van der Waals surface area contributed by atoms with E-state index in [0.717, 1.165) is 15.4 Å². The van der Waals surface area contributed by atoms with E-state index in [4.69, 9.17) is 9.47 Å². The van der Waals surface area contributed by atoms with Crippen LogP contribution in [-0.4, -0.2) is 57.5 Å². The molecule has 0 aliphatic heterocycles. The van der Waals surface area contributed by atoms with Gasteiger partial charge in [0.15, 0.2) is 11.5 Å². The first-order valence-electron chi connectivity index (χ1n) is 13.2. The van der Waals surface area contributed by atoms with Crippen molar-refractivity contribution in [2.24, 2.45) is 0 Å².